The SMILES string of the molecule is CNc1nc([C@@H]2CCCN(S(=O)(=O)c3ccc(C)c(F)c3)C2)nc2c1CCN(C)C2. The first-order valence-electron chi connectivity index (χ1n) is 10.3. The van der Waals surface area contributed by atoms with Gasteiger partial charge in [-0.1, -0.05) is 6.07 Å². The molecule has 7 nitrogen and oxygen atoms in total. The summed E-state index contributed by atoms with van der Waals surface area (Å²) in [7, 11) is 0.154. The van der Waals surface area contributed by atoms with Crippen LogP contribution in [0.2, 0.25) is 0 Å². The molecule has 0 unspecified atom stereocenters. The number of halogens is 1. The van der Waals surface area contributed by atoms with Crippen LogP contribution in [0.15, 0.2) is 23.1 Å². The minimum Gasteiger partial charge on any atom is -0.373 e. The number of fused-ring (bicyclic) bond motifs is 1. The maximum Gasteiger partial charge on any atom is 0.243 e. The largest absolute Gasteiger partial charge is 0.373 e. The summed E-state index contributed by atoms with van der Waals surface area (Å²) in [6, 6.07) is 4.09. The molecule has 1 aromatic carbocycles. The first-order valence-corrected chi connectivity index (χ1v) is 11.8. The summed E-state index contributed by atoms with van der Waals surface area (Å²) < 4.78 is 41.7. The molecule has 3 heterocycles. The molecule has 0 aliphatic carbocycles. The van der Waals surface area contributed by atoms with Crippen molar-refractivity contribution in [3.8, 4) is 0 Å². The number of nitrogens with zero attached hydrogens (tertiary/aromatic N) is 4. The molecule has 0 saturated carbocycles. The fourth-order valence-corrected chi connectivity index (χ4v) is 5.76. The number of benzene rings is 1. The zero-order valence-electron chi connectivity index (χ0n) is 17.7. The number of hydrogen-bond acceptors (Lipinski definition) is 6. The number of aromatic nitrogens is 2. The Morgan fingerprint density at radius 2 is 2.03 bits per heavy atom. The molecule has 30 heavy (non-hydrogen) atoms. The lowest BCUT2D eigenvalue weighted by atomic mass is 9.97. The van der Waals surface area contributed by atoms with E-state index in [1.807, 2.05) is 7.05 Å². The molecule has 2 aromatic rings. The third-order valence-electron chi connectivity index (χ3n) is 6.04. The molecule has 1 aromatic heterocycles. The van der Waals surface area contributed by atoms with Gasteiger partial charge in [0.2, 0.25) is 10.0 Å². The van der Waals surface area contributed by atoms with Gasteiger partial charge in [-0.05, 0) is 50.9 Å². The molecular formula is C21H28FN5O2S. The van der Waals surface area contributed by atoms with Crippen LogP contribution in [-0.2, 0) is 23.0 Å². The topological polar surface area (TPSA) is 78.4 Å². The van der Waals surface area contributed by atoms with Crippen molar-refractivity contribution in [2.75, 3.05) is 39.0 Å². The number of hydrogen-bond donors (Lipinski definition) is 1. The van der Waals surface area contributed by atoms with Gasteiger partial charge in [0.05, 0.1) is 10.6 Å². The summed E-state index contributed by atoms with van der Waals surface area (Å²) >= 11 is 0. The smallest absolute Gasteiger partial charge is 0.243 e. The van der Waals surface area contributed by atoms with Crippen molar-refractivity contribution in [3.05, 3.63) is 46.7 Å². The van der Waals surface area contributed by atoms with Crippen molar-refractivity contribution in [3.63, 3.8) is 0 Å². The van der Waals surface area contributed by atoms with Crippen LogP contribution in [0.25, 0.3) is 0 Å². The first kappa shape index (κ1) is 21.1. The third-order valence-corrected chi connectivity index (χ3v) is 7.90. The predicted octanol–water partition coefficient (Wildman–Crippen LogP) is 2.52. The number of likely N-dealkylation sites (N-methyl/N-ethyl adjacent to an activating group) is 1. The van der Waals surface area contributed by atoms with Crippen LogP contribution in [-0.4, -0.2) is 61.3 Å². The van der Waals surface area contributed by atoms with E-state index in [9.17, 15) is 12.8 Å². The Balaban J connectivity index is 1.63. The quantitative estimate of drug-likeness (QED) is 0.798. The summed E-state index contributed by atoms with van der Waals surface area (Å²) in [6.07, 6.45) is 2.44. The second-order valence-corrected chi connectivity index (χ2v) is 10.1. The Kier molecular flexibility index (Phi) is 5.78. The lowest BCUT2D eigenvalue weighted by Gasteiger charge is -2.32. The lowest BCUT2D eigenvalue weighted by Crippen LogP contribution is -2.40. The van der Waals surface area contributed by atoms with Crippen molar-refractivity contribution < 1.29 is 12.8 Å². The lowest BCUT2D eigenvalue weighted by molar-refractivity contribution is 0.297. The average molecular weight is 434 g/mol. The van der Waals surface area contributed by atoms with E-state index >= 15 is 0 Å². The molecule has 9 heteroatoms. The standard InChI is InChI=1S/C21H28FN5O2S/c1-14-6-7-16(11-18(14)22)30(28,29)27-9-4-5-15(12-27)20-24-19-13-26(3)10-8-17(19)21(23-2)25-20/h6-7,11,15H,4-5,8-10,12-13H2,1-3H3,(H,23,24,25)/t15-/m1/s1. The van der Waals surface area contributed by atoms with Crippen LogP contribution in [0.4, 0.5) is 10.2 Å². The summed E-state index contributed by atoms with van der Waals surface area (Å²) in [5, 5.41) is 3.19. The number of rotatable bonds is 4. The molecule has 1 fully saturated rings. The average Bonchev–Trinajstić information content (AvgIpc) is 2.74. The van der Waals surface area contributed by atoms with Crippen LogP contribution in [0.5, 0.6) is 0 Å². The summed E-state index contributed by atoms with van der Waals surface area (Å²) in [6.45, 7) is 4.06. The van der Waals surface area contributed by atoms with Gasteiger partial charge in [-0.15, -0.1) is 0 Å². The van der Waals surface area contributed by atoms with Gasteiger partial charge in [0.15, 0.2) is 0 Å². The van der Waals surface area contributed by atoms with Crippen molar-refractivity contribution in [1.29, 1.82) is 0 Å². The van der Waals surface area contributed by atoms with Crippen LogP contribution in [0.1, 0.15) is 41.4 Å². The molecule has 1 saturated heterocycles. The van der Waals surface area contributed by atoms with E-state index in [0.717, 1.165) is 49.1 Å². The van der Waals surface area contributed by atoms with Gasteiger partial charge < -0.3 is 10.2 Å². The fourth-order valence-electron chi connectivity index (χ4n) is 4.22. The summed E-state index contributed by atoms with van der Waals surface area (Å²) in [4.78, 5) is 11.8. The monoisotopic (exact) mass is 433 g/mol. The third kappa shape index (κ3) is 3.93. The molecular weight excluding hydrogens is 405 g/mol. The predicted molar refractivity (Wildman–Crippen MR) is 113 cm³/mol. The number of aryl methyl sites for hydroxylation is 1. The molecule has 2 aliphatic rings. The van der Waals surface area contributed by atoms with Gasteiger partial charge in [0.1, 0.15) is 17.5 Å². The Labute approximate surface area is 177 Å². The Bertz CT molecular complexity index is 1060. The molecule has 0 amide bonds. The zero-order valence-corrected chi connectivity index (χ0v) is 18.5. The number of nitrogens with one attached hydrogen (secondary N) is 1. The highest BCUT2D eigenvalue weighted by atomic mass is 32.2. The number of piperidine rings is 1. The van der Waals surface area contributed by atoms with Crippen LogP contribution < -0.4 is 5.32 Å². The first-order chi connectivity index (χ1) is 14.3. The second kappa shape index (κ2) is 8.20. The highest BCUT2D eigenvalue weighted by Gasteiger charge is 2.33. The summed E-state index contributed by atoms with van der Waals surface area (Å²) in [5.41, 5.74) is 2.59. The maximum atomic E-state index is 14.0. The van der Waals surface area contributed by atoms with E-state index < -0.39 is 15.8 Å². The second-order valence-electron chi connectivity index (χ2n) is 8.21. The van der Waals surface area contributed by atoms with Crippen LogP contribution >= 0.6 is 0 Å². The Morgan fingerprint density at radius 3 is 2.77 bits per heavy atom. The highest BCUT2D eigenvalue weighted by molar-refractivity contribution is 7.89. The molecule has 0 spiro atoms. The van der Waals surface area contributed by atoms with Crippen LogP contribution in [0, 0.1) is 12.7 Å². The normalized spacial score (nSPS) is 20.7. The van der Waals surface area contributed by atoms with E-state index in [1.54, 1.807) is 6.92 Å². The van der Waals surface area contributed by atoms with E-state index in [1.165, 1.54) is 16.4 Å². The fraction of sp³-hybridized carbons (Fsp3) is 0.524. The van der Waals surface area contributed by atoms with Gasteiger partial charge >= 0.3 is 0 Å². The Hall–Kier alpha value is -2.10. The molecule has 162 valence electrons. The van der Waals surface area contributed by atoms with Gasteiger partial charge in [0, 0.05) is 44.7 Å². The van der Waals surface area contributed by atoms with Crippen molar-refractivity contribution in [2.45, 2.75) is 43.5 Å². The molecule has 2 aliphatic heterocycles. The van der Waals surface area contributed by atoms with Crippen molar-refractivity contribution in [1.82, 2.24) is 19.2 Å². The molecule has 0 radical (unpaired) electrons. The van der Waals surface area contributed by atoms with E-state index in [0.29, 0.717) is 30.9 Å². The van der Waals surface area contributed by atoms with Gasteiger partial charge in [-0.25, -0.2) is 22.8 Å². The molecule has 4 rings (SSSR count). The minimum absolute atomic E-state index is 0.00449. The zero-order chi connectivity index (χ0) is 21.5. The van der Waals surface area contributed by atoms with Gasteiger partial charge in [-0.3, -0.25) is 0 Å². The number of anilines is 1. The minimum atomic E-state index is -3.77. The van der Waals surface area contributed by atoms with Crippen LogP contribution in [0.3, 0.4) is 0 Å². The molecule has 1 atom stereocenters. The maximum absolute atomic E-state index is 14.0. The van der Waals surface area contributed by atoms with Gasteiger partial charge in [-0.2, -0.15) is 4.31 Å². The van der Waals surface area contributed by atoms with E-state index in [4.69, 9.17) is 9.97 Å². The summed E-state index contributed by atoms with van der Waals surface area (Å²) in [5.74, 6) is 0.922. The number of sulfonamides is 1. The van der Waals surface area contributed by atoms with Crippen molar-refractivity contribution >= 4 is 15.8 Å². The molecule has 1 N–H and O–H groups in total. The van der Waals surface area contributed by atoms with Crippen molar-refractivity contribution in [2.24, 2.45) is 0 Å². The Morgan fingerprint density at radius 1 is 1.23 bits per heavy atom. The van der Waals surface area contributed by atoms with Gasteiger partial charge in [0.25, 0.3) is 0 Å². The van der Waals surface area contributed by atoms with E-state index in [-0.39, 0.29) is 10.8 Å². The van der Waals surface area contributed by atoms with E-state index in [2.05, 4.69) is 17.3 Å². The molecule has 0 bridgehead atoms. The highest BCUT2D eigenvalue weighted by Crippen LogP contribution is 2.32.